The molecule has 1 unspecified atom stereocenters. The lowest BCUT2D eigenvalue weighted by Crippen LogP contribution is -2.16. The number of aliphatic hydroxyl groups is 1. The van der Waals surface area contributed by atoms with E-state index in [1.54, 1.807) is 24.2 Å². The van der Waals surface area contributed by atoms with Gasteiger partial charge < -0.3 is 10.8 Å². The Balaban J connectivity index is 1.80. The van der Waals surface area contributed by atoms with E-state index in [1.807, 2.05) is 66.9 Å². The van der Waals surface area contributed by atoms with Crippen molar-refractivity contribution in [2.45, 2.75) is 10.9 Å². The van der Waals surface area contributed by atoms with E-state index < -0.39 is 0 Å². The normalized spacial score (nSPS) is 12.8. The molecule has 0 saturated carbocycles. The zero-order valence-corrected chi connectivity index (χ0v) is 15.4. The number of hydrogen-bond donors (Lipinski definition) is 2. The van der Waals surface area contributed by atoms with Crippen LogP contribution in [0.15, 0.2) is 82.9 Å². The largest absolute Gasteiger partial charge is 0.394 e. The molecule has 0 saturated heterocycles. The monoisotopic (exact) mass is 363 g/mol. The molecule has 0 fully saturated rings. The first-order valence-corrected chi connectivity index (χ1v) is 9.52. The lowest BCUT2D eigenvalue weighted by atomic mass is 10.0. The number of rotatable bonds is 6. The topological polar surface area (TPSA) is 71.5 Å². The second-order valence-corrected chi connectivity index (χ2v) is 6.68. The van der Waals surface area contributed by atoms with Gasteiger partial charge in [-0.05, 0) is 47.2 Å². The van der Waals surface area contributed by atoms with Crippen molar-refractivity contribution in [3.05, 3.63) is 84.2 Å². The van der Waals surface area contributed by atoms with E-state index in [4.69, 9.17) is 5.73 Å². The maximum Gasteiger partial charge on any atom is 0.126 e. The number of benzene rings is 2. The standard InChI is InChI=1S/C21H21N3OS/c1-26-19-8-6-17(7-9-19)20(14-25)24-21(22)18-4-2-15(3-5-18)16-10-12-23-13-11-16/h2-13,20,25H,14H2,1H3,(H2,22,24). The van der Waals surface area contributed by atoms with Crippen molar-refractivity contribution >= 4 is 17.6 Å². The molecule has 3 N–H and O–H groups in total. The van der Waals surface area contributed by atoms with Crippen molar-refractivity contribution in [3.63, 3.8) is 0 Å². The number of nitrogens with two attached hydrogens (primary N) is 1. The van der Waals surface area contributed by atoms with Gasteiger partial charge in [0.1, 0.15) is 11.9 Å². The molecule has 0 aliphatic carbocycles. The smallest absolute Gasteiger partial charge is 0.126 e. The second-order valence-electron chi connectivity index (χ2n) is 5.80. The summed E-state index contributed by atoms with van der Waals surface area (Å²) in [6.07, 6.45) is 5.57. The molecule has 1 heterocycles. The van der Waals surface area contributed by atoms with Gasteiger partial charge in [-0.15, -0.1) is 11.8 Å². The second kappa shape index (κ2) is 8.65. The highest BCUT2D eigenvalue weighted by Gasteiger charge is 2.10. The lowest BCUT2D eigenvalue weighted by Gasteiger charge is -2.12. The summed E-state index contributed by atoms with van der Waals surface area (Å²) in [5.74, 6) is 0.416. The fourth-order valence-electron chi connectivity index (χ4n) is 2.67. The highest BCUT2D eigenvalue weighted by molar-refractivity contribution is 7.98. The van der Waals surface area contributed by atoms with Crippen LogP contribution in [0.4, 0.5) is 0 Å². The number of amidine groups is 1. The third kappa shape index (κ3) is 4.31. The summed E-state index contributed by atoms with van der Waals surface area (Å²) in [6.45, 7) is -0.0889. The molecule has 3 rings (SSSR count). The summed E-state index contributed by atoms with van der Waals surface area (Å²) in [5.41, 5.74) is 10.2. The third-order valence-corrected chi connectivity index (χ3v) is 4.91. The molecule has 0 amide bonds. The van der Waals surface area contributed by atoms with E-state index in [9.17, 15) is 5.11 Å². The summed E-state index contributed by atoms with van der Waals surface area (Å²) < 4.78 is 0. The molecule has 0 aliphatic heterocycles. The van der Waals surface area contributed by atoms with Crippen LogP contribution in [0.1, 0.15) is 17.2 Å². The van der Waals surface area contributed by atoms with Gasteiger partial charge in [0.25, 0.3) is 0 Å². The Hall–Kier alpha value is -2.63. The molecule has 1 atom stereocenters. The zero-order valence-electron chi connectivity index (χ0n) is 14.5. The zero-order chi connectivity index (χ0) is 18.4. The van der Waals surface area contributed by atoms with Crippen LogP contribution >= 0.6 is 11.8 Å². The first-order chi connectivity index (χ1) is 12.7. The van der Waals surface area contributed by atoms with Gasteiger partial charge in [-0.25, -0.2) is 0 Å². The SMILES string of the molecule is CSc1ccc(C(CO)N=C(N)c2ccc(-c3ccncc3)cc2)cc1. The summed E-state index contributed by atoms with van der Waals surface area (Å²) >= 11 is 1.68. The van der Waals surface area contributed by atoms with Crippen LogP contribution in [-0.2, 0) is 0 Å². The highest BCUT2D eigenvalue weighted by Crippen LogP contribution is 2.23. The number of aromatic nitrogens is 1. The Morgan fingerprint density at radius 1 is 1.00 bits per heavy atom. The highest BCUT2D eigenvalue weighted by atomic mass is 32.2. The van der Waals surface area contributed by atoms with Crippen LogP contribution in [0.5, 0.6) is 0 Å². The molecule has 132 valence electrons. The molecule has 0 spiro atoms. The average Bonchev–Trinajstić information content (AvgIpc) is 2.72. The minimum Gasteiger partial charge on any atom is -0.394 e. The number of aliphatic imine (C=N–C) groups is 1. The quantitative estimate of drug-likeness (QED) is 0.396. The Kier molecular flexibility index (Phi) is 6.04. The third-order valence-electron chi connectivity index (χ3n) is 4.16. The van der Waals surface area contributed by atoms with Gasteiger partial charge >= 0.3 is 0 Å². The van der Waals surface area contributed by atoms with Gasteiger partial charge in [0, 0.05) is 22.9 Å². The molecule has 3 aromatic rings. The van der Waals surface area contributed by atoms with Crippen LogP contribution in [0.3, 0.4) is 0 Å². The number of thioether (sulfide) groups is 1. The van der Waals surface area contributed by atoms with Crippen molar-refractivity contribution in [1.82, 2.24) is 4.98 Å². The molecule has 0 radical (unpaired) electrons. The maximum absolute atomic E-state index is 9.72. The summed E-state index contributed by atoms with van der Waals surface area (Å²) in [6, 6.07) is 19.5. The van der Waals surface area contributed by atoms with Crippen LogP contribution in [0, 0.1) is 0 Å². The summed E-state index contributed by atoms with van der Waals surface area (Å²) in [4.78, 5) is 9.73. The number of pyridine rings is 1. The molecule has 4 nitrogen and oxygen atoms in total. The Morgan fingerprint density at radius 2 is 1.62 bits per heavy atom. The predicted octanol–water partition coefficient (Wildman–Crippen LogP) is 3.91. The molecular formula is C21H21N3OS. The number of nitrogens with zero attached hydrogens (tertiary/aromatic N) is 2. The van der Waals surface area contributed by atoms with Gasteiger partial charge in [-0.1, -0.05) is 36.4 Å². The van der Waals surface area contributed by atoms with Gasteiger partial charge in [0.2, 0.25) is 0 Å². The van der Waals surface area contributed by atoms with E-state index in [0.29, 0.717) is 5.84 Å². The minimum absolute atomic E-state index is 0.0889. The van der Waals surface area contributed by atoms with Crippen molar-refractivity contribution in [3.8, 4) is 11.1 Å². The maximum atomic E-state index is 9.72. The van der Waals surface area contributed by atoms with Crippen LogP contribution < -0.4 is 5.73 Å². The number of hydrogen-bond acceptors (Lipinski definition) is 4. The van der Waals surface area contributed by atoms with Crippen LogP contribution in [-0.4, -0.2) is 28.8 Å². The van der Waals surface area contributed by atoms with Crippen molar-refractivity contribution in [1.29, 1.82) is 0 Å². The Morgan fingerprint density at radius 3 is 2.19 bits per heavy atom. The van der Waals surface area contributed by atoms with Crippen LogP contribution in [0.25, 0.3) is 11.1 Å². The first-order valence-electron chi connectivity index (χ1n) is 8.30. The van der Waals surface area contributed by atoms with E-state index in [0.717, 1.165) is 22.3 Å². The molecule has 0 aliphatic rings. The molecule has 1 aromatic heterocycles. The Bertz CT molecular complexity index is 862. The molecule has 2 aromatic carbocycles. The predicted molar refractivity (Wildman–Crippen MR) is 108 cm³/mol. The Labute approximate surface area is 157 Å². The molecule has 26 heavy (non-hydrogen) atoms. The van der Waals surface area contributed by atoms with Gasteiger partial charge in [-0.3, -0.25) is 9.98 Å². The summed E-state index contributed by atoms with van der Waals surface area (Å²) in [7, 11) is 0. The van der Waals surface area contributed by atoms with Crippen molar-refractivity contribution < 1.29 is 5.11 Å². The van der Waals surface area contributed by atoms with Gasteiger partial charge in [0.15, 0.2) is 0 Å². The summed E-state index contributed by atoms with van der Waals surface area (Å²) in [5, 5.41) is 9.72. The van der Waals surface area contributed by atoms with E-state index in [2.05, 4.69) is 9.98 Å². The molecular weight excluding hydrogens is 342 g/mol. The van der Waals surface area contributed by atoms with Crippen LogP contribution in [0.2, 0.25) is 0 Å². The molecule has 0 bridgehead atoms. The van der Waals surface area contributed by atoms with E-state index in [1.165, 1.54) is 4.90 Å². The average molecular weight is 363 g/mol. The molecule has 5 heteroatoms. The number of aliphatic hydroxyl groups excluding tert-OH is 1. The van der Waals surface area contributed by atoms with E-state index in [-0.39, 0.29) is 12.6 Å². The van der Waals surface area contributed by atoms with Gasteiger partial charge in [0.05, 0.1) is 6.61 Å². The van der Waals surface area contributed by atoms with Crippen molar-refractivity contribution in [2.75, 3.05) is 12.9 Å². The lowest BCUT2D eigenvalue weighted by molar-refractivity contribution is 0.269. The fraction of sp³-hybridized carbons (Fsp3) is 0.143. The van der Waals surface area contributed by atoms with E-state index >= 15 is 0 Å². The first kappa shape index (κ1) is 18.2. The fourth-order valence-corrected chi connectivity index (χ4v) is 3.08. The van der Waals surface area contributed by atoms with Gasteiger partial charge in [-0.2, -0.15) is 0 Å². The minimum atomic E-state index is -0.370. The van der Waals surface area contributed by atoms with Crippen molar-refractivity contribution in [2.24, 2.45) is 10.7 Å².